The number of hydrogen-bond donors (Lipinski definition) is 0. The van der Waals surface area contributed by atoms with Crippen molar-refractivity contribution in [3.8, 4) is 17.1 Å². The quantitative estimate of drug-likeness (QED) is 0.112. The van der Waals surface area contributed by atoms with E-state index in [4.69, 9.17) is 0 Å². The van der Waals surface area contributed by atoms with Gasteiger partial charge in [-0.25, -0.2) is 0 Å². The van der Waals surface area contributed by atoms with E-state index in [0.717, 1.165) is 17.1 Å². The van der Waals surface area contributed by atoms with Crippen LogP contribution in [0.2, 0.25) is 0 Å². The van der Waals surface area contributed by atoms with Crippen molar-refractivity contribution in [3.05, 3.63) is 249 Å². The Balaban J connectivity index is 1.05. The molecule has 13 rings (SSSR count). The van der Waals surface area contributed by atoms with Crippen molar-refractivity contribution >= 4 is 94.2 Å². The van der Waals surface area contributed by atoms with E-state index in [1.807, 2.05) is 0 Å². The molecule has 13 aromatic rings. The van der Waals surface area contributed by atoms with Gasteiger partial charge in [-0.2, -0.15) is 0 Å². The summed E-state index contributed by atoms with van der Waals surface area (Å²) < 4.78 is 7.37. The topological polar surface area (TPSA) is 14.8 Å². The van der Waals surface area contributed by atoms with Crippen molar-refractivity contribution in [3.63, 3.8) is 0 Å². The normalized spacial score (nSPS) is 12.1. The second kappa shape index (κ2) is 14.5. The highest BCUT2D eigenvalue weighted by Gasteiger charge is 2.41. The molecule has 10 aromatic carbocycles. The summed E-state index contributed by atoms with van der Waals surface area (Å²) in [5, 5.41) is 13.0. The molecular formula is C60H41N3Si. The summed E-state index contributed by atoms with van der Waals surface area (Å²) in [6, 6.07) is 92.1. The zero-order chi connectivity index (χ0) is 42.2. The fourth-order valence-corrected chi connectivity index (χ4v) is 15.8. The number of fused-ring (bicyclic) bond motifs is 10. The highest BCUT2D eigenvalue weighted by atomic mass is 28.3. The lowest BCUT2D eigenvalue weighted by molar-refractivity contribution is 1.16. The molecule has 300 valence electrons. The fourth-order valence-electron chi connectivity index (χ4n) is 11.0. The first-order valence-corrected chi connectivity index (χ1v) is 24.1. The summed E-state index contributed by atoms with van der Waals surface area (Å²) in [7, 11) is -2.75. The molecular weight excluding hydrogens is 791 g/mol. The highest BCUT2D eigenvalue weighted by molar-refractivity contribution is 7.19. The fraction of sp³-hybridized carbons (Fsp3) is 0. The average molecular weight is 832 g/mol. The second-order valence-electron chi connectivity index (χ2n) is 16.8. The summed E-state index contributed by atoms with van der Waals surface area (Å²) in [4.78, 5) is 0. The number of para-hydroxylation sites is 4. The monoisotopic (exact) mass is 831 g/mol. The SMILES string of the molecule is c1ccc(-n2c3ccccc3c3c4c5ccccc5n(-c5ccc6c(c5)c5ccccc5n6-c5cccc([Si](c6ccccc6)(c6ccccc6)c6ccccc6)c5)c4ccc32)cc1. The minimum atomic E-state index is -2.75. The highest BCUT2D eigenvalue weighted by Crippen LogP contribution is 2.43. The first-order chi connectivity index (χ1) is 31.8. The van der Waals surface area contributed by atoms with Crippen LogP contribution in [-0.4, -0.2) is 21.8 Å². The standard InChI is InChI=1S/C60H41N3Si/c1-5-20-42(21-6-1)61-54-34-17-14-31-50(54)59-57(61)38-39-58-60(59)51-32-15-18-35-55(51)63(58)44-36-37-56-52(41-44)49-30-13-16-33-53(49)62(56)43-22-19-29-48(40-43)64(45-23-7-2-8-24-45,46-25-9-3-10-26-46)47-27-11-4-12-28-47/h1-41H. The van der Waals surface area contributed by atoms with Crippen LogP contribution in [0.15, 0.2) is 249 Å². The number of hydrogen-bond acceptors (Lipinski definition) is 0. The van der Waals surface area contributed by atoms with E-state index < -0.39 is 8.07 Å². The van der Waals surface area contributed by atoms with Crippen molar-refractivity contribution in [2.45, 2.75) is 0 Å². The Kier molecular flexibility index (Phi) is 8.23. The van der Waals surface area contributed by atoms with Gasteiger partial charge in [0.15, 0.2) is 8.07 Å². The van der Waals surface area contributed by atoms with E-state index in [1.165, 1.54) is 86.2 Å². The molecule has 0 radical (unpaired) electrons. The van der Waals surface area contributed by atoms with Crippen molar-refractivity contribution in [1.29, 1.82) is 0 Å². The molecule has 0 N–H and O–H groups in total. The van der Waals surface area contributed by atoms with E-state index in [9.17, 15) is 0 Å². The molecule has 0 saturated carbocycles. The van der Waals surface area contributed by atoms with Crippen LogP contribution < -0.4 is 20.7 Å². The lowest BCUT2D eigenvalue weighted by atomic mass is 10.1. The Bertz CT molecular complexity index is 3790. The van der Waals surface area contributed by atoms with Crippen LogP contribution in [0.4, 0.5) is 0 Å². The van der Waals surface area contributed by atoms with E-state index in [2.05, 4.69) is 262 Å². The molecule has 0 aliphatic rings. The van der Waals surface area contributed by atoms with Gasteiger partial charge in [0.2, 0.25) is 0 Å². The van der Waals surface area contributed by atoms with Crippen molar-refractivity contribution in [2.24, 2.45) is 0 Å². The van der Waals surface area contributed by atoms with Gasteiger partial charge >= 0.3 is 0 Å². The van der Waals surface area contributed by atoms with Gasteiger partial charge in [0.25, 0.3) is 0 Å². The van der Waals surface area contributed by atoms with Crippen molar-refractivity contribution in [1.82, 2.24) is 13.7 Å². The predicted molar refractivity (Wildman–Crippen MR) is 273 cm³/mol. The predicted octanol–water partition coefficient (Wildman–Crippen LogP) is 12.4. The molecule has 3 aromatic heterocycles. The lowest BCUT2D eigenvalue weighted by Crippen LogP contribution is -2.74. The summed E-state index contributed by atoms with van der Waals surface area (Å²) in [6.07, 6.45) is 0. The first-order valence-electron chi connectivity index (χ1n) is 22.1. The maximum absolute atomic E-state index is 2.75. The van der Waals surface area contributed by atoms with Gasteiger partial charge in [-0.15, -0.1) is 0 Å². The minimum Gasteiger partial charge on any atom is -0.309 e. The van der Waals surface area contributed by atoms with Gasteiger partial charge in [-0.1, -0.05) is 176 Å². The van der Waals surface area contributed by atoms with Crippen LogP contribution in [0, 0.1) is 0 Å². The summed E-state index contributed by atoms with van der Waals surface area (Å²) in [5.41, 5.74) is 10.7. The zero-order valence-electron chi connectivity index (χ0n) is 35.0. The van der Waals surface area contributed by atoms with Gasteiger partial charge in [-0.05, 0) is 93.5 Å². The molecule has 3 nitrogen and oxygen atoms in total. The zero-order valence-corrected chi connectivity index (χ0v) is 36.0. The molecule has 0 saturated heterocycles. The van der Waals surface area contributed by atoms with Gasteiger partial charge in [0.05, 0.1) is 33.1 Å². The Morgan fingerprint density at radius 3 is 1.12 bits per heavy atom. The van der Waals surface area contributed by atoms with E-state index in [0.29, 0.717) is 0 Å². The molecule has 64 heavy (non-hydrogen) atoms. The smallest absolute Gasteiger partial charge is 0.179 e. The molecule has 0 fully saturated rings. The van der Waals surface area contributed by atoms with Gasteiger partial charge < -0.3 is 13.7 Å². The van der Waals surface area contributed by atoms with E-state index in [1.54, 1.807) is 0 Å². The average Bonchev–Trinajstić information content (AvgIpc) is 4.01. The van der Waals surface area contributed by atoms with Crippen molar-refractivity contribution in [2.75, 3.05) is 0 Å². The van der Waals surface area contributed by atoms with Crippen LogP contribution >= 0.6 is 0 Å². The van der Waals surface area contributed by atoms with Gasteiger partial charge in [0, 0.05) is 49.4 Å². The third-order valence-electron chi connectivity index (χ3n) is 13.6. The Labute approximate surface area is 372 Å². The Morgan fingerprint density at radius 1 is 0.219 bits per heavy atom. The number of aromatic nitrogens is 3. The largest absolute Gasteiger partial charge is 0.309 e. The first kappa shape index (κ1) is 36.5. The van der Waals surface area contributed by atoms with Crippen LogP contribution in [0.25, 0.3) is 82.5 Å². The molecule has 0 unspecified atom stereocenters. The molecule has 4 heteroatoms. The maximum atomic E-state index is 2.48. The molecule has 0 aliphatic heterocycles. The third kappa shape index (κ3) is 5.27. The van der Waals surface area contributed by atoms with E-state index in [-0.39, 0.29) is 0 Å². The van der Waals surface area contributed by atoms with Crippen LogP contribution in [0.1, 0.15) is 0 Å². The van der Waals surface area contributed by atoms with Crippen LogP contribution in [0.3, 0.4) is 0 Å². The van der Waals surface area contributed by atoms with Gasteiger partial charge in [-0.3, -0.25) is 0 Å². The summed E-state index contributed by atoms with van der Waals surface area (Å²) >= 11 is 0. The molecule has 0 bridgehead atoms. The van der Waals surface area contributed by atoms with Crippen LogP contribution in [-0.2, 0) is 0 Å². The summed E-state index contributed by atoms with van der Waals surface area (Å²) in [5.74, 6) is 0. The maximum Gasteiger partial charge on any atom is 0.179 e. The molecule has 0 atom stereocenters. The minimum absolute atomic E-state index is 1.14. The molecule has 3 heterocycles. The van der Waals surface area contributed by atoms with Crippen molar-refractivity contribution < 1.29 is 0 Å². The summed E-state index contributed by atoms with van der Waals surface area (Å²) in [6.45, 7) is 0. The number of benzene rings is 10. The lowest BCUT2D eigenvalue weighted by Gasteiger charge is -2.34. The molecule has 0 aliphatic carbocycles. The third-order valence-corrected chi connectivity index (χ3v) is 18.3. The number of nitrogens with zero attached hydrogens (tertiary/aromatic N) is 3. The van der Waals surface area contributed by atoms with Crippen LogP contribution in [0.5, 0.6) is 0 Å². The second-order valence-corrected chi connectivity index (χ2v) is 20.7. The molecule has 0 amide bonds. The molecule has 0 spiro atoms. The van der Waals surface area contributed by atoms with Gasteiger partial charge in [0.1, 0.15) is 0 Å². The van der Waals surface area contributed by atoms with E-state index >= 15 is 0 Å². The Morgan fingerprint density at radius 2 is 0.578 bits per heavy atom. The number of rotatable bonds is 7. The Hall–Kier alpha value is -8.18.